The predicted molar refractivity (Wildman–Crippen MR) is 321 cm³/mol. The first-order valence-electron chi connectivity index (χ1n) is 32.6. The SMILES string of the molecule is CCCCCCC/C=C\C/C=C\CCCCCCCCCCCCCCCCCCCCCCCC(=O)OC(COC(=O)CCCCCCCCCCCCCCCCCCCC)COP(=O)(O)OCC[N+](C)(C)C. The third-order valence-electron chi connectivity index (χ3n) is 14.7. The van der Waals surface area contributed by atoms with Crippen LogP contribution in [0.3, 0.4) is 0 Å². The van der Waals surface area contributed by atoms with Crippen molar-refractivity contribution in [1.82, 2.24) is 0 Å². The van der Waals surface area contributed by atoms with Gasteiger partial charge in [-0.2, -0.15) is 0 Å². The van der Waals surface area contributed by atoms with Crippen LogP contribution >= 0.6 is 7.82 Å². The Labute approximate surface area is 466 Å². The molecule has 9 nitrogen and oxygen atoms in total. The van der Waals surface area contributed by atoms with E-state index in [-0.39, 0.29) is 25.6 Å². The van der Waals surface area contributed by atoms with Crippen molar-refractivity contribution in [3.05, 3.63) is 24.3 Å². The summed E-state index contributed by atoms with van der Waals surface area (Å²) < 4.78 is 34.7. The first-order valence-corrected chi connectivity index (χ1v) is 34.1. The number of allylic oxidation sites excluding steroid dienone is 4. The van der Waals surface area contributed by atoms with Gasteiger partial charge in [-0.1, -0.05) is 295 Å². The van der Waals surface area contributed by atoms with E-state index in [0.717, 1.165) is 38.5 Å². The van der Waals surface area contributed by atoms with Crippen molar-refractivity contribution in [1.29, 1.82) is 0 Å². The first kappa shape index (κ1) is 73.5. The fourth-order valence-corrected chi connectivity index (χ4v) is 10.4. The average molecular weight is 1080 g/mol. The number of likely N-dealkylation sites (N-methyl/N-ethyl adjacent to an activating group) is 1. The van der Waals surface area contributed by atoms with E-state index in [2.05, 4.69) is 38.2 Å². The van der Waals surface area contributed by atoms with Gasteiger partial charge >= 0.3 is 19.8 Å². The summed E-state index contributed by atoms with van der Waals surface area (Å²) >= 11 is 0. The molecule has 0 spiro atoms. The second kappa shape index (κ2) is 57.2. The van der Waals surface area contributed by atoms with Gasteiger partial charge in [0.15, 0.2) is 6.10 Å². The summed E-state index contributed by atoms with van der Waals surface area (Å²) in [5.74, 6) is -0.775. The van der Waals surface area contributed by atoms with Crippen molar-refractivity contribution >= 4 is 19.8 Å². The number of carbonyl (C=O) groups excluding carboxylic acids is 2. The van der Waals surface area contributed by atoms with Crippen LogP contribution in [0.4, 0.5) is 0 Å². The van der Waals surface area contributed by atoms with Crippen LogP contribution in [0, 0.1) is 0 Å². The summed E-state index contributed by atoms with van der Waals surface area (Å²) in [5, 5.41) is 0. The standard InChI is InChI=1S/C65H126NO8P/c1-6-8-10-12-14-16-18-20-22-24-26-27-28-29-30-31-32-33-34-35-36-37-38-39-40-42-44-46-48-50-52-54-56-58-65(68)74-63(62-73-75(69,70)72-60-59-66(3,4)5)61-71-64(67)57-55-53-51-49-47-45-43-41-25-23-21-19-17-15-13-11-9-7-2/h18,20,24,26,63H,6-17,19,21-23,25,27-62H2,1-5H3/p+1/b20-18-,26-24-. The Bertz CT molecular complexity index is 1320. The highest BCUT2D eigenvalue weighted by Gasteiger charge is 2.27. The molecule has 444 valence electrons. The van der Waals surface area contributed by atoms with Crippen molar-refractivity contribution in [3.63, 3.8) is 0 Å². The minimum absolute atomic E-state index is 0.0358. The Morgan fingerprint density at radius 1 is 0.413 bits per heavy atom. The molecule has 10 heteroatoms. The van der Waals surface area contributed by atoms with Gasteiger partial charge in [-0.3, -0.25) is 18.6 Å². The van der Waals surface area contributed by atoms with E-state index >= 15 is 0 Å². The largest absolute Gasteiger partial charge is 0.472 e. The Morgan fingerprint density at radius 3 is 1.05 bits per heavy atom. The highest BCUT2D eigenvalue weighted by atomic mass is 31.2. The summed E-state index contributed by atoms with van der Waals surface area (Å²) in [5.41, 5.74) is 0. The fraction of sp³-hybridized carbons (Fsp3) is 0.908. The maximum Gasteiger partial charge on any atom is 0.472 e. The number of ether oxygens (including phenoxy) is 2. The van der Waals surface area contributed by atoms with E-state index in [0.29, 0.717) is 23.9 Å². The van der Waals surface area contributed by atoms with Gasteiger partial charge in [0, 0.05) is 12.8 Å². The number of carbonyl (C=O) groups is 2. The van der Waals surface area contributed by atoms with Crippen molar-refractivity contribution in [2.24, 2.45) is 0 Å². The molecule has 0 bridgehead atoms. The van der Waals surface area contributed by atoms with Gasteiger partial charge in [0.1, 0.15) is 19.8 Å². The molecule has 0 aliphatic carbocycles. The fourth-order valence-electron chi connectivity index (χ4n) is 9.70. The van der Waals surface area contributed by atoms with Gasteiger partial charge in [0.25, 0.3) is 0 Å². The zero-order valence-corrected chi connectivity index (χ0v) is 51.5. The molecule has 0 saturated heterocycles. The molecular formula is C65H127NO8P+. The van der Waals surface area contributed by atoms with E-state index in [1.807, 2.05) is 21.1 Å². The molecule has 0 rings (SSSR count). The van der Waals surface area contributed by atoms with Gasteiger partial charge in [-0.15, -0.1) is 0 Å². The minimum atomic E-state index is -4.38. The molecular weight excluding hydrogens is 954 g/mol. The van der Waals surface area contributed by atoms with E-state index in [1.165, 1.54) is 257 Å². The number of hydrogen-bond donors (Lipinski definition) is 1. The molecule has 0 aromatic rings. The monoisotopic (exact) mass is 1080 g/mol. The Kier molecular flexibility index (Phi) is 56.0. The molecule has 0 radical (unpaired) electrons. The molecule has 0 aromatic carbocycles. The van der Waals surface area contributed by atoms with Gasteiger partial charge < -0.3 is 18.9 Å². The Hall–Kier alpha value is -1.51. The van der Waals surface area contributed by atoms with Crippen LogP contribution in [0.15, 0.2) is 24.3 Å². The van der Waals surface area contributed by atoms with Crippen LogP contribution < -0.4 is 0 Å². The molecule has 0 aliphatic heterocycles. The van der Waals surface area contributed by atoms with Crippen molar-refractivity contribution in [2.45, 2.75) is 335 Å². The van der Waals surface area contributed by atoms with E-state index in [1.54, 1.807) is 0 Å². The number of rotatable bonds is 61. The maximum atomic E-state index is 12.8. The van der Waals surface area contributed by atoms with E-state index < -0.39 is 26.5 Å². The predicted octanol–water partition coefficient (Wildman–Crippen LogP) is 20.5. The molecule has 0 amide bonds. The molecule has 2 atom stereocenters. The molecule has 75 heavy (non-hydrogen) atoms. The summed E-state index contributed by atoms with van der Waals surface area (Å²) in [6, 6.07) is 0. The highest BCUT2D eigenvalue weighted by molar-refractivity contribution is 7.47. The van der Waals surface area contributed by atoms with Crippen LogP contribution in [-0.2, 0) is 32.7 Å². The second-order valence-corrected chi connectivity index (χ2v) is 25.0. The third kappa shape index (κ3) is 61.6. The zero-order chi connectivity index (χ0) is 54.9. The lowest BCUT2D eigenvalue weighted by molar-refractivity contribution is -0.870. The summed E-state index contributed by atoms with van der Waals surface area (Å²) in [7, 11) is 1.50. The lowest BCUT2D eigenvalue weighted by Gasteiger charge is -2.24. The van der Waals surface area contributed by atoms with Gasteiger partial charge in [0.2, 0.25) is 0 Å². The number of phosphoric acid groups is 1. The lowest BCUT2D eigenvalue weighted by Crippen LogP contribution is -2.37. The molecule has 0 aromatic heterocycles. The molecule has 0 heterocycles. The second-order valence-electron chi connectivity index (χ2n) is 23.5. The summed E-state index contributed by atoms with van der Waals surface area (Å²) in [6.07, 6.45) is 69.9. The van der Waals surface area contributed by atoms with E-state index in [4.69, 9.17) is 18.5 Å². The Morgan fingerprint density at radius 2 is 0.720 bits per heavy atom. The molecule has 0 fully saturated rings. The maximum absolute atomic E-state index is 12.8. The molecule has 0 saturated carbocycles. The Balaban J connectivity index is 3.98. The number of hydrogen-bond acceptors (Lipinski definition) is 7. The van der Waals surface area contributed by atoms with Crippen molar-refractivity contribution in [3.8, 4) is 0 Å². The smallest absolute Gasteiger partial charge is 0.462 e. The lowest BCUT2D eigenvalue weighted by atomic mass is 10.0. The minimum Gasteiger partial charge on any atom is -0.462 e. The van der Waals surface area contributed by atoms with E-state index in [9.17, 15) is 19.0 Å². The van der Waals surface area contributed by atoms with Gasteiger partial charge in [0.05, 0.1) is 27.7 Å². The number of unbranched alkanes of at least 4 members (excludes halogenated alkanes) is 43. The molecule has 0 aliphatic rings. The van der Waals surface area contributed by atoms with Gasteiger partial charge in [-0.25, -0.2) is 4.57 Å². The third-order valence-corrected chi connectivity index (χ3v) is 15.7. The number of phosphoric ester groups is 1. The zero-order valence-electron chi connectivity index (χ0n) is 50.6. The quantitative estimate of drug-likeness (QED) is 0.0211. The number of esters is 2. The van der Waals surface area contributed by atoms with Crippen LogP contribution in [0.1, 0.15) is 328 Å². The average Bonchev–Trinajstić information content (AvgIpc) is 3.37. The first-order chi connectivity index (χ1) is 36.5. The highest BCUT2D eigenvalue weighted by Crippen LogP contribution is 2.43. The van der Waals surface area contributed by atoms with Crippen molar-refractivity contribution in [2.75, 3.05) is 47.5 Å². The topological polar surface area (TPSA) is 108 Å². The van der Waals surface area contributed by atoms with Crippen molar-refractivity contribution < 1.29 is 42.1 Å². The van der Waals surface area contributed by atoms with Crippen LogP contribution in [0.5, 0.6) is 0 Å². The normalized spacial score (nSPS) is 13.3. The van der Waals surface area contributed by atoms with Crippen LogP contribution in [0.25, 0.3) is 0 Å². The number of quaternary nitrogens is 1. The number of nitrogens with zero attached hydrogens (tertiary/aromatic N) is 1. The molecule has 1 N–H and O–H groups in total. The van der Waals surface area contributed by atoms with Gasteiger partial charge in [-0.05, 0) is 44.9 Å². The molecule has 2 unspecified atom stereocenters. The van der Waals surface area contributed by atoms with Crippen LogP contribution in [-0.4, -0.2) is 74.9 Å². The van der Waals surface area contributed by atoms with Crippen LogP contribution in [0.2, 0.25) is 0 Å². The summed E-state index contributed by atoms with van der Waals surface area (Å²) in [6.45, 7) is 4.49. The summed E-state index contributed by atoms with van der Waals surface area (Å²) in [4.78, 5) is 35.8.